The van der Waals surface area contributed by atoms with E-state index < -0.39 is 5.97 Å². The minimum absolute atomic E-state index is 0.179. The Morgan fingerprint density at radius 3 is 2.37 bits per heavy atom. The Morgan fingerprint density at radius 1 is 1.16 bits per heavy atom. The van der Waals surface area contributed by atoms with Crippen molar-refractivity contribution < 1.29 is 24.2 Å². The Bertz CT molecular complexity index is 472. The average Bonchev–Trinajstić information content (AvgIpc) is 2.92. The average molecular weight is 266 g/mol. The third kappa shape index (κ3) is 2.30. The molecule has 0 radical (unpaired) electrons. The maximum Gasteiger partial charge on any atom is 0.334 e. The molecule has 104 valence electrons. The van der Waals surface area contributed by atoms with Gasteiger partial charge in [0.1, 0.15) is 0 Å². The van der Waals surface area contributed by atoms with Crippen LogP contribution in [0.3, 0.4) is 0 Å². The molecule has 2 aliphatic carbocycles. The van der Waals surface area contributed by atoms with E-state index in [1.165, 1.54) is 14.2 Å². The second-order valence-corrected chi connectivity index (χ2v) is 4.77. The van der Waals surface area contributed by atoms with Crippen LogP contribution in [0.15, 0.2) is 22.3 Å². The van der Waals surface area contributed by atoms with Gasteiger partial charge in [0.2, 0.25) is 0 Å². The van der Waals surface area contributed by atoms with Gasteiger partial charge < -0.3 is 14.6 Å². The van der Waals surface area contributed by atoms with Gasteiger partial charge in [0.25, 0.3) is 0 Å². The minimum Gasteiger partial charge on any atom is -0.466 e. The smallest absolute Gasteiger partial charge is 0.334 e. The maximum absolute atomic E-state index is 11.9. The molecule has 1 saturated carbocycles. The first-order valence-corrected chi connectivity index (χ1v) is 6.37. The number of allylic oxidation sites excluding steroid dienone is 2. The first kappa shape index (κ1) is 13.8. The standard InChI is InChI=1S/C14H18O5/c1-18-13(16)11-6-8(7-15)12(14(17)19-2)10-5-3-4-9(10)11/h8,15H,3-7H2,1-2H3. The van der Waals surface area contributed by atoms with Crippen LogP contribution in [0.2, 0.25) is 0 Å². The highest BCUT2D eigenvalue weighted by Gasteiger charge is 2.37. The molecule has 1 N–H and O–H groups in total. The number of ether oxygens (including phenoxy) is 2. The van der Waals surface area contributed by atoms with Crippen molar-refractivity contribution in [3.63, 3.8) is 0 Å². The van der Waals surface area contributed by atoms with Gasteiger partial charge in [-0.2, -0.15) is 0 Å². The first-order valence-electron chi connectivity index (χ1n) is 6.37. The predicted octanol–water partition coefficient (Wildman–Crippen LogP) is 1.12. The van der Waals surface area contributed by atoms with Crippen molar-refractivity contribution >= 4 is 11.9 Å². The van der Waals surface area contributed by atoms with E-state index in [2.05, 4.69) is 0 Å². The molecule has 2 rings (SSSR count). The van der Waals surface area contributed by atoms with E-state index in [0.717, 1.165) is 30.4 Å². The highest BCUT2D eigenvalue weighted by molar-refractivity contribution is 5.96. The van der Waals surface area contributed by atoms with Crippen LogP contribution in [0, 0.1) is 5.92 Å². The van der Waals surface area contributed by atoms with E-state index >= 15 is 0 Å². The van der Waals surface area contributed by atoms with Crippen LogP contribution in [0.4, 0.5) is 0 Å². The van der Waals surface area contributed by atoms with Crippen LogP contribution >= 0.6 is 0 Å². The lowest BCUT2D eigenvalue weighted by Gasteiger charge is -2.26. The summed E-state index contributed by atoms with van der Waals surface area (Å²) >= 11 is 0. The van der Waals surface area contributed by atoms with E-state index in [9.17, 15) is 14.7 Å². The number of rotatable bonds is 3. The number of carbonyl (C=O) groups excluding carboxylic acids is 2. The lowest BCUT2D eigenvalue weighted by atomic mass is 9.80. The van der Waals surface area contributed by atoms with Crippen molar-refractivity contribution in [3.05, 3.63) is 22.3 Å². The fraction of sp³-hybridized carbons (Fsp3) is 0.571. The van der Waals surface area contributed by atoms with Gasteiger partial charge in [-0.15, -0.1) is 0 Å². The van der Waals surface area contributed by atoms with Crippen molar-refractivity contribution in [2.75, 3.05) is 20.8 Å². The molecular weight excluding hydrogens is 248 g/mol. The molecule has 19 heavy (non-hydrogen) atoms. The second kappa shape index (κ2) is 5.57. The van der Waals surface area contributed by atoms with Gasteiger partial charge in [-0.3, -0.25) is 0 Å². The zero-order chi connectivity index (χ0) is 14.0. The van der Waals surface area contributed by atoms with E-state index in [-0.39, 0.29) is 18.5 Å². The molecule has 2 aliphatic rings. The Labute approximate surface area is 111 Å². The maximum atomic E-state index is 11.9. The molecule has 0 aromatic heterocycles. The zero-order valence-electron chi connectivity index (χ0n) is 11.2. The number of esters is 2. The second-order valence-electron chi connectivity index (χ2n) is 4.77. The lowest BCUT2D eigenvalue weighted by Crippen LogP contribution is -2.26. The fourth-order valence-electron chi connectivity index (χ4n) is 2.98. The summed E-state index contributed by atoms with van der Waals surface area (Å²) in [6.45, 7) is -0.179. The predicted molar refractivity (Wildman–Crippen MR) is 67.1 cm³/mol. The van der Waals surface area contributed by atoms with Crippen molar-refractivity contribution in [1.29, 1.82) is 0 Å². The summed E-state index contributed by atoms with van der Waals surface area (Å²) in [6.07, 6.45) is 2.77. The third-order valence-electron chi connectivity index (χ3n) is 3.82. The highest BCUT2D eigenvalue weighted by Crippen LogP contribution is 2.44. The fourth-order valence-corrected chi connectivity index (χ4v) is 2.98. The number of aliphatic hydroxyl groups is 1. The number of methoxy groups -OCH3 is 2. The molecule has 0 aromatic carbocycles. The van der Waals surface area contributed by atoms with Gasteiger partial charge >= 0.3 is 11.9 Å². The van der Waals surface area contributed by atoms with E-state index in [1.54, 1.807) is 0 Å². The Morgan fingerprint density at radius 2 is 1.79 bits per heavy atom. The summed E-state index contributed by atoms with van der Waals surface area (Å²) in [5.74, 6) is -1.15. The summed E-state index contributed by atoms with van der Waals surface area (Å²) in [7, 11) is 2.68. The molecule has 0 amide bonds. The van der Waals surface area contributed by atoms with Gasteiger partial charge in [0, 0.05) is 17.1 Å². The third-order valence-corrected chi connectivity index (χ3v) is 3.82. The molecule has 5 nitrogen and oxygen atoms in total. The van der Waals surface area contributed by atoms with Crippen LogP contribution in [-0.4, -0.2) is 37.9 Å². The van der Waals surface area contributed by atoms with Crippen LogP contribution in [0.1, 0.15) is 25.7 Å². The van der Waals surface area contributed by atoms with Crippen LogP contribution in [0.25, 0.3) is 0 Å². The lowest BCUT2D eigenvalue weighted by molar-refractivity contribution is -0.138. The molecule has 1 unspecified atom stereocenters. The quantitative estimate of drug-likeness (QED) is 0.775. The molecule has 0 aromatic rings. The minimum atomic E-state index is -0.405. The van der Waals surface area contributed by atoms with Crippen LogP contribution in [-0.2, 0) is 19.1 Å². The highest BCUT2D eigenvalue weighted by atomic mass is 16.5. The first-order chi connectivity index (χ1) is 9.13. The van der Waals surface area contributed by atoms with Gasteiger partial charge in [-0.25, -0.2) is 9.59 Å². The van der Waals surface area contributed by atoms with Crippen molar-refractivity contribution in [2.45, 2.75) is 25.7 Å². The van der Waals surface area contributed by atoms with E-state index in [0.29, 0.717) is 17.6 Å². The molecular formula is C14H18O5. The Balaban J connectivity index is 2.53. The van der Waals surface area contributed by atoms with Gasteiger partial charge in [0.15, 0.2) is 0 Å². The summed E-state index contributed by atoms with van der Waals surface area (Å²) in [6, 6.07) is 0. The molecule has 1 fully saturated rings. The number of fused-ring (bicyclic) bond motifs is 1. The zero-order valence-corrected chi connectivity index (χ0v) is 11.2. The van der Waals surface area contributed by atoms with Crippen molar-refractivity contribution in [3.8, 4) is 0 Å². The summed E-state index contributed by atoms with van der Waals surface area (Å²) in [5.41, 5.74) is 2.92. The van der Waals surface area contributed by atoms with Gasteiger partial charge in [0.05, 0.1) is 20.8 Å². The molecule has 0 aliphatic heterocycles. The van der Waals surface area contributed by atoms with Gasteiger partial charge in [-0.05, 0) is 36.8 Å². The molecule has 0 heterocycles. The normalized spacial score (nSPS) is 22.4. The molecule has 0 spiro atoms. The number of aliphatic hydroxyl groups excluding tert-OH is 1. The number of hydrogen-bond acceptors (Lipinski definition) is 5. The monoisotopic (exact) mass is 266 g/mol. The molecule has 5 heteroatoms. The largest absolute Gasteiger partial charge is 0.466 e. The SMILES string of the molecule is COC(=O)C1=C2CCCC2=C(C(=O)OC)C(CO)C1. The van der Waals surface area contributed by atoms with E-state index in [1.807, 2.05) is 0 Å². The van der Waals surface area contributed by atoms with Gasteiger partial charge in [-0.1, -0.05) is 0 Å². The van der Waals surface area contributed by atoms with Crippen molar-refractivity contribution in [2.24, 2.45) is 5.92 Å². The van der Waals surface area contributed by atoms with Crippen molar-refractivity contribution in [1.82, 2.24) is 0 Å². The van der Waals surface area contributed by atoms with E-state index in [4.69, 9.17) is 9.47 Å². The number of carbonyl (C=O) groups is 2. The summed E-state index contributed by atoms with van der Waals surface area (Å²) in [4.78, 5) is 23.7. The molecule has 0 saturated heterocycles. The summed E-state index contributed by atoms with van der Waals surface area (Å²) in [5, 5.41) is 9.48. The molecule has 1 atom stereocenters. The van der Waals surface area contributed by atoms with Crippen LogP contribution in [0.5, 0.6) is 0 Å². The van der Waals surface area contributed by atoms with Crippen LogP contribution < -0.4 is 0 Å². The topological polar surface area (TPSA) is 72.8 Å². The molecule has 0 bridgehead atoms. The number of hydrogen-bond donors (Lipinski definition) is 1. The Hall–Kier alpha value is -1.62. The Kier molecular flexibility index (Phi) is 4.04. The summed E-state index contributed by atoms with van der Waals surface area (Å²) < 4.78 is 9.60.